The monoisotopic (exact) mass is 666 g/mol. The highest BCUT2D eigenvalue weighted by molar-refractivity contribution is 7.79. The van der Waals surface area contributed by atoms with E-state index in [-0.39, 0.29) is 0 Å². The van der Waals surface area contributed by atoms with Crippen molar-refractivity contribution in [2.75, 3.05) is 0 Å². The third kappa shape index (κ3) is 5.95. The van der Waals surface area contributed by atoms with Gasteiger partial charge in [0.05, 0.1) is 0 Å². The summed E-state index contributed by atoms with van der Waals surface area (Å²) < 4.78 is 0. The smallest absolute Gasteiger partial charge is 0.00264 e. The summed E-state index contributed by atoms with van der Waals surface area (Å²) >= 11 is 0. The second-order valence-electron chi connectivity index (χ2n) is 12.9. The summed E-state index contributed by atoms with van der Waals surface area (Å²) in [6.45, 7) is 0. The van der Waals surface area contributed by atoms with Crippen molar-refractivity contribution >= 4 is 45.4 Å². The van der Waals surface area contributed by atoms with Gasteiger partial charge < -0.3 is 0 Å². The summed E-state index contributed by atoms with van der Waals surface area (Å²) in [4.78, 5) is 0. The molecule has 0 radical (unpaired) electrons. The maximum atomic E-state index is 2.32. The molecule has 9 aromatic carbocycles. The Hall–Kier alpha value is -6.07. The molecule has 0 nitrogen and oxygen atoms in total. The number of fused-ring (bicyclic) bond motifs is 2. The topological polar surface area (TPSA) is 0 Å². The standard InChI is InChI=1S/C50H35P/c1-4-14-36(15-5-1)37-24-28-40(29-25-37)49-45-20-10-12-22-47(45)50(48-23-13-11-21-46(48)49)41-30-26-38(27-31-41)39-32-34-44(35-33-39)51(42-16-6-2-7-17-42)43-18-8-3-9-19-43/h1-35H. The molecule has 0 fully saturated rings. The lowest BCUT2D eigenvalue weighted by molar-refractivity contribution is 1.61. The van der Waals surface area contributed by atoms with E-state index in [1.807, 2.05) is 0 Å². The molecular formula is C50H35P. The van der Waals surface area contributed by atoms with E-state index >= 15 is 0 Å². The maximum Gasteiger partial charge on any atom is -0.00264 e. The molecule has 0 saturated carbocycles. The van der Waals surface area contributed by atoms with Crippen LogP contribution in [-0.4, -0.2) is 0 Å². The molecule has 1 heteroatoms. The molecule has 0 heterocycles. The molecule has 0 aliphatic heterocycles. The summed E-state index contributed by atoms with van der Waals surface area (Å²) in [6.07, 6.45) is 0. The van der Waals surface area contributed by atoms with Gasteiger partial charge in [-0.05, 0) is 89.9 Å². The van der Waals surface area contributed by atoms with Crippen LogP contribution in [0.15, 0.2) is 212 Å². The quantitative estimate of drug-likeness (QED) is 0.117. The Bertz CT molecular complexity index is 2480. The van der Waals surface area contributed by atoms with Gasteiger partial charge in [-0.2, -0.15) is 0 Å². The maximum absolute atomic E-state index is 2.32. The summed E-state index contributed by atoms with van der Waals surface area (Å²) in [5.41, 5.74) is 9.94. The Morgan fingerprint density at radius 1 is 0.196 bits per heavy atom. The summed E-state index contributed by atoms with van der Waals surface area (Å²) in [5, 5.41) is 9.17. The number of benzene rings is 9. The van der Waals surface area contributed by atoms with Gasteiger partial charge in [-0.1, -0.05) is 212 Å². The zero-order valence-corrected chi connectivity index (χ0v) is 29.0. The Labute approximate surface area is 301 Å². The first-order valence-corrected chi connectivity index (χ1v) is 18.9. The lowest BCUT2D eigenvalue weighted by Crippen LogP contribution is -2.20. The third-order valence-corrected chi connectivity index (χ3v) is 12.3. The predicted molar refractivity (Wildman–Crippen MR) is 222 cm³/mol. The number of hydrogen-bond donors (Lipinski definition) is 0. The van der Waals surface area contributed by atoms with Gasteiger partial charge in [-0.25, -0.2) is 0 Å². The lowest BCUT2D eigenvalue weighted by atomic mass is 9.85. The largest absolute Gasteiger partial charge is 0.0622 e. The van der Waals surface area contributed by atoms with Crippen LogP contribution in [0.5, 0.6) is 0 Å². The molecule has 9 rings (SSSR count). The van der Waals surface area contributed by atoms with Crippen molar-refractivity contribution in [3.63, 3.8) is 0 Å². The summed E-state index contributed by atoms with van der Waals surface area (Å²) in [6, 6.07) is 77.6. The van der Waals surface area contributed by atoms with E-state index < -0.39 is 7.92 Å². The molecule has 0 bridgehead atoms. The van der Waals surface area contributed by atoms with Crippen LogP contribution in [0.1, 0.15) is 0 Å². The molecule has 0 saturated heterocycles. The van der Waals surface area contributed by atoms with Gasteiger partial charge in [0, 0.05) is 0 Å². The van der Waals surface area contributed by atoms with Gasteiger partial charge in [-0.3, -0.25) is 0 Å². The van der Waals surface area contributed by atoms with Crippen molar-refractivity contribution in [2.24, 2.45) is 0 Å². The minimum absolute atomic E-state index is 0.629. The highest BCUT2D eigenvalue weighted by atomic mass is 31.1. The van der Waals surface area contributed by atoms with E-state index in [0.29, 0.717) is 0 Å². The van der Waals surface area contributed by atoms with E-state index in [0.717, 1.165) is 0 Å². The molecule has 0 amide bonds. The van der Waals surface area contributed by atoms with Gasteiger partial charge in [-0.15, -0.1) is 0 Å². The lowest BCUT2D eigenvalue weighted by Gasteiger charge is -2.20. The van der Waals surface area contributed by atoms with Crippen molar-refractivity contribution in [1.82, 2.24) is 0 Å². The fourth-order valence-corrected chi connectivity index (χ4v) is 9.73. The van der Waals surface area contributed by atoms with Crippen LogP contribution in [0, 0.1) is 0 Å². The first kappa shape index (κ1) is 30.9. The average Bonchev–Trinajstić information content (AvgIpc) is 3.22. The van der Waals surface area contributed by atoms with Crippen LogP contribution in [0.4, 0.5) is 0 Å². The van der Waals surface area contributed by atoms with Crippen molar-refractivity contribution in [2.45, 2.75) is 0 Å². The normalized spacial score (nSPS) is 11.3. The van der Waals surface area contributed by atoms with Crippen LogP contribution in [-0.2, 0) is 0 Å². The molecule has 0 aliphatic carbocycles. The van der Waals surface area contributed by atoms with Gasteiger partial charge in [0.25, 0.3) is 0 Å². The molecule has 0 aromatic heterocycles. The van der Waals surface area contributed by atoms with E-state index in [1.54, 1.807) is 0 Å². The molecule has 240 valence electrons. The second kappa shape index (κ2) is 13.7. The van der Waals surface area contributed by atoms with Crippen LogP contribution in [0.3, 0.4) is 0 Å². The first-order chi connectivity index (χ1) is 25.3. The molecule has 0 atom stereocenters. The molecule has 0 aliphatic rings. The van der Waals surface area contributed by atoms with Crippen LogP contribution < -0.4 is 15.9 Å². The van der Waals surface area contributed by atoms with E-state index in [2.05, 4.69) is 212 Å². The van der Waals surface area contributed by atoms with E-state index in [1.165, 1.54) is 82.0 Å². The highest BCUT2D eigenvalue weighted by Crippen LogP contribution is 2.44. The Kier molecular flexibility index (Phi) is 8.30. The van der Waals surface area contributed by atoms with Gasteiger partial charge in [0.2, 0.25) is 0 Å². The number of hydrogen-bond acceptors (Lipinski definition) is 0. The molecule has 0 spiro atoms. The molecule has 51 heavy (non-hydrogen) atoms. The van der Waals surface area contributed by atoms with Crippen molar-refractivity contribution in [1.29, 1.82) is 0 Å². The fraction of sp³-hybridized carbons (Fsp3) is 0. The van der Waals surface area contributed by atoms with Crippen molar-refractivity contribution in [3.05, 3.63) is 212 Å². The van der Waals surface area contributed by atoms with Crippen molar-refractivity contribution in [3.8, 4) is 44.5 Å². The van der Waals surface area contributed by atoms with Crippen molar-refractivity contribution < 1.29 is 0 Å². The summed E-state index contributed by atoms with van der Waals surface area (Å²) in [5.74, 6) is 0. The van der Waals surface area contributed by atoms with Crippen LogP contribution >= 0.6 is 7.92 Å². The van der Waals surface area contributed by atoms with Gasteiger partial charge in [0.1, 0.15) is 0 Å². The van der Waals surface area contributed by atoms with E-state index in [9.17, 15) is 0 Å². The minimum Gasteiger partial charge on any atom is -0.0622 e. The summed E-state index contributed by atoms with van der Waals surface area (Å²) in [7, 11) is -0.629. The van der Waals surface area contributed by atoms with Gasteiger partial charge in [0.15, 0.2) is 0 Å². The highest BCUT2D eigenvalue weighted by Gasteiger charge is 2.18. The predicted octanol–water partition coefficient (Wildman–Crippen LogP) is 12.4. The van der Waals surface area contributed by atoms with Crippen LogP contribution in [0.2, 0.25) is 0 Å². The third-order valence-electron chi connectivity index (χ3n) is 9.87. The average molecular weight is 667 g/mol. The number of rotatable bonds is 7. The minimum atomic E-state index is -0.629. The molecule has 0 N–H and O–H groups in total. The van der Waals surface area contributed by atoms with Gasteiger partial charge >= 0.3 is 0 Å². The van der Waals surface area contributed by atoms with Crippen LogP contribution in [0.25, 0.3) is 66.1 Å². The fourth-order valence-electron chi connectivity index (χ4n) is 7.44. The Morgan fingerprint density at radius 2 is 0.451 bits per heavy atom. The first-order valence-electron chi connectivity index (χ1n) is 17.5. The molecular weight excluding hydrogens is 632 g/mol. The second-order valence-corrected chi connectivity index (χ2v) is 15.1. The zero-order valence-electron chi connectivity index (χ0n) is 28.2. The SMILES string of the molecule is c1ccc(-c2ccc(-c3c4ccccc4c(-c4ccc(-c5ccc(P(c6ccccc6)c6ccccc6)cc5)cc4)c4ccccc34)cc2)cc1. The Morgan fingerprint density at radius 3 is 0.824 bits per heavy atom. The zero-order chi connectivity index (χ0) is 34.0. The Balaban J connectivity index is 1.09. The molecule has 9 aromatic rings. The molecule has 0 unspecified atom stereocenters. The van der Waals surface area contributed by atoms with E-state index in [4.69, 9.17) is 0 Å².